The molecule has 0 saturated heterocycles. The molecule has 5 nitrogen and oxygen atoms in total. The van der Waals surface area contributed by atoms with E-state index in [1.807, 2.05) is 0 Å². The Morgan fingerprint density at radius 1 is 1.37 bits per heavy atom. The monoisotopic (exact) mass is 301 g/mol. The highest BCUT2D eigenvalue weighted by molar-refractivity contribution is 7.89. The summed E-state index contributed by atoms with van der Waals surface area (Å²) in [5.74, 6) is 0.839. The molecule has 2 rings (SSSR count). The van der Waals surface area contributed by atoms with Gasteiger partial charge in [0, 0.05) is 6.42 Å². The van der Waals surface area contributed by atoms with Gasteiger partial charge in [0.05, 0.1) is 16.1 Å². The van der Waals surface area contributed by atoms with Crippen LogP contribution in [-0.2, 0) is 16.4 Å². The molecule has 0 atom stereocenters. The molecule has 0 fully saturated rings. The van der Waals surface area contributed by atoms with Crippen LogP contribution in [0.4, 0.5) is 0 Å². The number of H-pyrrole nitrogens is 1. The van der Waals surface area contributed by atoms with Crippen LogP contribution in [0.5, 0.6) is 0 Å². The Bertz CT molecular complexity index is 694. The van der Waals surface area contributed by atoms with Crippen LogP contribution in [0.2, 0.25) is 5.02 Å². The molecule has 0 amide bonds. The number of fused-ring (bicyclic) bond motifs is 1. The van der Waals surface area contributed by atoms with Gasteiger partial charge in [0.25, 0.3) is 0 Å². The molecule has 0 unspecified atom stereocenters. The summed E-state index contributed by atoms with van der Waals surface area (Å²) in [5, 5.41) is 5.21. The number of imidazole rings is 1. The third-order valence-corrected chi connectivity index (χ3v) is 4.28. The molecule has 1 heterocycles. The first kappa shape index (κ1) is 14.3. The van der Waals surface area contributed by atoms with Gasteiger partial charge in [0.1, 0.15) is 10.7 Å². The molecule has 0 spiro atoms. The standard InChI is InChI=1S/C12H16ClN3O2S/c1-2-3-4-5-12-15-9-6-8(13)11(19(14,17)18)7-10(9)16-12/h6-7H,2-5H2,1H3,(H,15,16)(H2,14,17,18). The van der Waals surface area contributed by atoms with Crippen LogP contribution in [0.25, 0.3) is 11.0 Å². The lowest BCUT2D eigenvalue weighted by Crippen LogP contribution is -2.12. The van der Waals surface area contributed by atoms with Gasteiger partial charge in [0.2, 0.25) is 10.0 Å². The normalized spacial score (nSPS) is 12.2. The van der Waals surface area contributed by atoms with E-state index in [4.69, 9.17) is 16.7 Å². The Morgan fingerprint density at radius 2 is 2.11 bits per heavy atom. The average Bonchev–Trinajstić information content (AvgIpc) is 2.68. The molecule has 0 aliphatic heterocycles. The third kappa shape index (κ3) is 3.26. The minimum absolute atomic E-state index is 0.0783. The second-order valence-electron chi connectivity index (χ2n) is 4.49. The summed E-state index contributed by atoms with van der Waals surface area (Å²) in [4.78, 5) is 7.42. The minimum Gasteiger partial charge on any atom is -0.342 e. The van der Waals surface area contributed by atoms with Crippen molar-refractivity contribution in [1.29, 1.82) is 0 Å². The Labute approximate surface area is 117 Å². The number of halogens is 1. The first-order chi connectivity index (χ1) is 8.91. The number of aryl methyl sites for hydroxylation is 1. The number of rotatable bonds is 5. The van der Waals surface area contributed by atoms with Gasteiger partial charge in [-0.1, -0.05) is 31.4 Å². The molecule has 3 N–H and O–H groups in total. The van der Waals surface area contributed by atoms with Gasteiger partial charge in [-0.3, -0.25) is 0 Å². The molecule has 0 saturated carbocycles. The van der Waals surface area contributed by atoms with Crippen LogP contribution >= 0.6 is 11.6 Å². The number of primary sulfonamides is 1. The van der Waals surface area contributed by atoms with Gasteiger partial charge in [0.15, 0.2) is 0 Å². The molecule has 1 aromatic heterocycles. The maximum Gasteiger partial charge on any atom is 0.239 e. The summed E-state index contributed by atoms with van der Waals surface area (Å²) < 4.78 is 22.7. The number of nitrogens with zero attached hydrogens (tertiary/aromatic N) is 1. The fraction of sp³-hybridized carbons (Fsp3) is 0.417. The first-order valence-corrected chi connectivity index (χ1v) is 8.05. The highest BCUT2D eigenvalue weighted by atomic mass is 35.5. The largest absolute Gasteiger partial charge is 0.342 e. The summed E-state index contributed by atoms with van der Waals surface area (Å²) in [6.45, 7) is 2.14. The highest BCUT2D eigenvalue weighted by Gasteiger charge is 2.15. The molecular weight excluding hydrogens is 286 g/mol. The predicted octanol–water partition coefficient (Wildman–Crippen LogP) is 2.60. The van der Waals surface area contributed by atoms with E-state index in [0.717, 1.165) is 31.5 Å². The van der Waals surface area contributed by atoms with Crippen molar-refractivity contribution in [2.45, 2.75) is 37.5 Å². The zero-order valence-corrected chi connectivity index (χ0v) is 12.2. The van der Waals surface area contributed by atoms with E-state index in [1.54, 1.807) is 0 Å². The fourth-order valence-electron chi connectivity index (χ4n) is 1.94. The van der Waals surface area contributed by atoms with Crippen molar-refractivity contribution >= 4 is 32.7 Å². The number of aromatic nitrogens is 2. The quantitative estimate of drug-likeness (QED) is 0.832. The van der Waals surface area contributed by atoms with E-state index in [2.05, 4.69) is 16.9 Å². The molecule has 1 aromatic carbocycles. The van der Waals surface area contributed by atoms with E-state index in [9.17, 15) is 8.42 Å². The van der Waals surface area contributed by atoms with Crippen LogP contribution in [0.1, 0.15) is 32.0 Å². The van der Waals surface area contributed by atoms with Crippen LogP contribution in [0.3, 0.4) is 0 Å². The number of nitrogens with two attached hydrogens (primary N) is 1. The molecule has 7 heteroatoms. The summed E-state index contributed by atoms with van der Waals surface area (Å²) in [6.07, 6.45) is 4.17. The van der Waals surface area contributed by atoms with E-state index in [0.29, 0.717) is 11.0 Å². The van der Waals surface area contributed by atoms with Gasteiger partial charge in [-0.2, -0.15) is 0 Å². The third-order valence-electron chi connectivity index (χ3n) is 2.91. The van der Waals surface area contributed by atoms with E-state index in [1.165, 1.54) is 12.1 Å². The van der Waals surface area contributed by atoms with Crippen molar-refractivity contribution in [3.8, 4) is 0 Å². The smallest absolute Gasteiger partial charge is 0.239 e. The van der Waals surface area contributed by atoms with Crippen LogP contribution in [-0.4, -0.2) is 18.4 Å². The topological polar surface area (TPSA) is 88.8 Å². The van der Waals surface area contributed by atoms with Gasteiger partial charge < -0.3 is 4.98 Å². The average molecular weight is 302 g/mol. The van der Waals surface area contributed by atoms with Gasteiger partial charge >= 0.3 is 0 Å². The number of nitrogens with one attached hydrogen (secondary N) is 1. The Kier molecular flexibility index (Phi) is 4.13. The second kappa shape index (κ2) is 5.48. The lowest BCUT2D eigenvalue weighted by atomic mass is 10.2. The van der Waals surface area contributed by atoms with Crippen molar-refractivity contribution in [1.82, 2.24) is 9.97 Å². The molecule has 104 valence electrons. The summed E-state index contributed by atoms with van der Waals surface area (Å²) in [6, 6.07) is 2.96. The maximum atomic E-state index is 11.4. The van der Waals surface area contributed by atoms with Crippen molar-refractivity contribution in [2.75, 3.05) is 0 Å². The number of hydrogen-bond acceptors (Lipinski definition) is 3. The lowest BCUT2D eigenvalue weighted by Gasteiger charge is -2.00. The van der Waals surface area contributed by atoms with Crippen molar-refractivity contribution < 1.29 is 8.42 Å². The van der Waals surface area contributed by atoms with E-state index >= 15 is 0 Å². The number of sulfonamides is 1. The van der Waals surface area contributed by atoms with E-state index in [-0.39, 0.29) is 9.92 Å². The zero-order chi connectivity index (χ0) is 14.0. The van der Waals surface area contributed by atoms with Crippen LogP contribution < -0.4 is 5.14 Å². The maximum absolute atomic E-state index is 11.4. The second-order valence-corrected chi connectivity index (χ2v) is 6.42. The summed E-state index contributed by atoms with van der Waals surface area (Å²) >= 11 is 5.91. The van der Waals surface area contributed by atoms with Gasteiger partial charge in [-0.15, -0.1) is 0 Å². The van der Waals surface area contributed by atoms with Crippen molar-refractivity contribution in [3.63, 3.8) is 0 Å². The fourth-order valence-corrected chi connectivity index (χ4v) is 3.04. The Hall–Kier alpha value is -1.11. The zero-order valence-electron chi connectivity index (χ0n) is 10.6. The molecule has 0 radical (unpaired) electrons. The first-order valence-electron chi connectivity index (χ1n) is 6.12. The number of benzene rings is 1. The van der Waals surface area contributed by atoms with Crippen molar-refractivity contribution in [3.05, 3.63) is 23.0 Å². The van der Waals surface area contributed by atoms with Crippen LogP contribution in [0, 0.1) is 0 Å². The molecule has 0 aliphatic rings. The molecule has 19 heavy (non-hydrogen) atoms. The minimum atomic E-state index is -3.82. The molecule has 0 bridgehead atoms. The number of unbranched alkanes of at least 4 members (excludes halogenated alkanes) is 2. The number of hydrogen-bond donors (Lipinski definition) is 2. The Morgan fingerprint density at radius 3 is 2.74 bits per heavy atom. The van der Waals surface area contributed by atoms with Gasteiger partial charge in [-0.25, -0.2) is 18.5 Å². The highest BCUT2D eigenvalue weighted by Crippen LogP contribution is 2.25. The van der Waals surface area contributed by atoms with Gasteiger partial charge in [-0.05, 0) is 18.6 Å². The van der Waals surface area contributed by atoms with E-state index < -0.39 is 10.0 Å². The molecule has 0 aliphatic carbocycles. The predicted molar refractivity (Wildman–Crippen MR) is 75.7 cm³/mol. The molecule has 2 aromatic rings. The van der Waals surface area contributed by atoms with Crippen LogP contribution in [0.15, 0.2) is 17.0 Å². The molecular formula is C12H16ClN3O2S. The number of aromatic amines is 1. The summed E-state index contributed by atoms with van der Waals surface area (Å²) in [7, 11) is -3.82. The lowest BCUT2D eigenvalue weighted by molar-refractivity contribution is 0.598. The Balaban J connectivity index is 2.38. The van der Waals surface area contributed by atoms with Crippen molar-refractivity contribution in [2.24, 2.45) is 5.14 Å². The summed E-state index contributed by atoms with van der Waals surface area (Å²) in [5.41, 5.74) is 1.30. The SMILES string of the molecule is CCCCCc1nc2cc(Cl)c(S(N)(=O)=O)cc2[nH]1.